The number of hydrogen-bond acceptors (Lipinski definition) is 12. The zero-order chi connectivity index (χ0) is 15.1. The van der Waals surface area contributed by atoms with Crippen LogP contribution in [0.5, 0.6) is 0 Å². The lowest BCUT2D eigenvalue weighted by atomic mass is 10.5. The minimum Gasteiger partial charge on any atom is -0.382 e. The molecule has 0 aromatic carbocycles. The highest BCUT2D eigenvalue weighted by Crippen LogP contribution is 2.35. The van der Waals surface area contributed by atoms with Crippen molar-refractivity contribution in [3.05, 3.63) is 0 Å². The summed E-state index contributed by atoms with van der Waals surface area (Å²) in [6, 6.07) is 0. The van der Waals surface area contributed by atoms with Gasteiger partial charge in [0.15, 0.2) is 22.7 Å². The zero-order valence-electron chi connectivity index (χ0n) is 10.5. The van der Waals surface area contributed by atoms with Crippen LogP contribution in [0.25, 0.3) is 22.3 Å². The Bertz CT molecular complexity index is 896. The minimum absolute atomic E-state index is 0.245. The summed E-state index contributed by atoms with van der Waals surface area (Å²) in [7, 11) is 2.44. The van der Waals surface area contributed by atoms with Gasteiger partial charge in [-0.1, -0.05) is 0 Å². The van der Waals surface area contributed by atoms with E-state index in [1.54, 1.807) is 0 Å². The van der Waals surface area contributed by atoms with Gasteiger partial charge in [-0.2, -0.15) is 30.6 Å². The number of aromatic nitrogens is 10. The van der Waals surface area contributed by atoms with Crippen LogP contribution in [0.2, 0.25) is 0 Å². The Hall–Kier alpha value is -2.74. The Morgan fingerprint density at radius 2 is 1.09 bits per heavy atom. The highest BCUT2D eigenvalue weighted by Gasteiger charge is 2.13. The van der Waals surface area contributed by atoms with E-state index in [-0.39, 0.29) is 11.6 Å². The molecule has 0 atom stereocenters. The van der Waals surface area contributed by atoms with Crippen LogP contribution in [-0.4, -0.2) is 50.8 Å². The van der Waals surface area contributed by atoms with E-state index in [1.807, 2.05) is 0 Å². The van der Waals surface area contributed by atoms with Gasteiger partial charge in [-0.15, -0.1) is 10.2 Å². The van der Waals surface area contributed by atoms with Crippen molar-refractivity contribution in [2.24, 2.45) is 0 Å². The van der Waals surface area contributed by atoms with Crippen molar-refractivity contribution in [2.75, 3.05) is 11.5 Å². The molecule has 22 heavy (non-hydrogen) atoms. The SMILES string of the molecule is Nc1nc(SSc2nc(N)c3n[nH]nc3n2)nc2n[nH]nc12. The van der Waals surface area contributed by atoms with Crippen LogP contribution in [-0.2, 0) is 0 Å². The van der Waals surface area contributed by atoms with Gasteiger partial charge in [0.05, 0.1) is 0 Å². The smallest absolute Gasteiger partial charge is 0.207 e. The molecular weight excluding hydrogens is 328 g/mol. The number of nitrogens with one attached hydrogen (secondary N) is 2. The summed E-state index contributed by atoms with van der Waals surface area (Å²) in [5.74, 6) is 0.489. The van der Waals surface area contributed by atoms with Crippen LogP contribution < -0.4 is 11.5 Å². The number of fused-ring (bicyclic) bond motifs is 2. The molecule has 4 rings (SSSR count). The minimum atomic E-state index is 0.245. The van der Waals surface area contributed by atoms with Gasteiger partial charge < -0.3 is 11.5 Å². The number of anilines is 2. The average molecular weight is 334 g/mol. The van der Waals surface area contributed by atoms with E-state index in [2.05, 4.69) is 50.8 Å². The summed E-state index contributed by atoms with van der Waals surface area (Å²) in [5, 5.41) is 21.2. The predicted octanol–water partition coefficient (Wildman–Crippen LogP) is -0.227. The Labute approximate surface area is 128 Å². The summed E-state index contributed by atoms with van der Waals surface area (Å²) >= 11 is 0. The Balaban J connectivity index is 1.62. The highest BCUT2D eigenvalue weighted by molar-refractivity contribution is 8.76. The molecule has 110 valence electrons. The van der Waals surface area contributed by atoms with Gasteiger partial charge in [0.25, 0.3) is 0 Å². The monoisotopic (exact) mass is 334 g/mol. The highest BCUT2D eigenvalue weighted by atomic mass is 33.1. The molecule has 14 heteroatoms. The van der Waals surface area contributed by atoms with Crippen LogP contribution in [0.3, 0.4) is 0 Å². The molecule has 0 bridgehead atoms. The number of aromatic amines is 2. The third-order valence-corrected chi connectivity index (χ3v) is 4.46. The van der Waals surface area contributed by atoms with E-state index < -0.39 is 0 Å². The lowest BCUT2D eigenvalue weighted by molar-refractivity contribution is 0.946. The molecule has 0 unspecified atom stereocenters. The molecule has 0 amide bonds. The summed E-state index contributed by atoms with van der Waals surface area (Å²) in [6.45, 7) is 0. The van der Waals surface area contributed by atoms with Crippen molar-refractivity contribution in [2.45, 2.75) is 10.3 Å². The molecule has 6 N–H and O–H groups in total. The largest absolute Gasteiger partial charge is 0.382 e. The molecule has 0 aliphatic heterocycles. The molecule has 4 heterocycles. The van der Waals surface area contributed by atoms with E-state index in [0.29, 0.717) is 32.6 Å². The van der Waals surface area contributed by atoms with Crippen molar-refractivity contribution in [1.29, 1.82) is 0 Å². The fourth-order valence-corrected chi connectivity index (χ4v) is 3.20. The fraction of sp³-hybridized carbons (Fsp3) is 0. The van der Waals surface area contributed by atoms with Gasteiger partial charge in [-0.3, -0.25) is 0 Å². The second kappa shape index (κ2) is 4.92. The second-order valence-electron chi connectivity index (χ2n) is 3.94. The Morgan fingerprint density at radius 3 is 1.55 bits per heavy atom. The lowest BCUT2D eigenvalue weighted by Crippen LogP contribution is -1.97. The van der Waals surface area contributed by atoms with Gasteiger partial charge in [0, 0.05) is 0 Å². The van der Waals surface area contributed by atoms with Crippen LogP contribution in [0.1, 0.15) is 0 Å². The Morgan fingerprint density at radius 1 is 0.636 bits per heavy atom. The molecule has 0 fully saturated rings. The lowest BCUT2D eigenvalue weighted by Gasteiger charge is -2.00. The molecular formula is C8H6N12S2. The summed E-state index contributed by atoms with van der Waals surface area (Å²) in [4.78, 5) is 16.7. The van der Waals surface area contributed by atoms with Crippen molar-refractivity contribution in [1.82, 2.24) is 50.8 Å². The standard InChI is InChI=1S/C8H6N12S2/c9-3-1-5(17-19-15-1)13-7(11-3)21-22-8-12-4(10)2-6(14-8)18-20-16-2/h(H3,9,11,13,15,17,19)(H3,10,12,14,16,18,20). The topological polar surface area (TPSA) is 187 Å². The van der Waals surface area contributed by atoms with Crippen molar-refractivity contribution < 1.29 is 0 Å². The van der Waals surface area contributed by atoms with Crippen LogP contribution in [0.15, 0.2) is 10.3 Å². The fourth-order valence-electron chi connectivity index (χ4n) is 1.64. The summed E-state index contributed by atoms with van der Waals surface area (Å²) in [6.07, 6.45) is 0. The normalized spacial score (nSPS) is 11.5. The maximum atomic E-state index is 5.79. The first kappa shape index (κ1) is 13.0. The number of hydrogen-bond donors (Lipinski definition) is 4. The third-order valence-electron chi connectivity index (χ3n) is 2.57. The van der Waals surface area contributed by atoms with E-state index in [4.69, 9.17) is 11.5 Å². The number of nitrogen functional groups attached to an aromatic ring is 2. The first-order valence-corrected chi connectivity index (χ1v) is 7.88. The molecule has 0 spiro atoms. The molecule has 4 aromatic rings. The quantitative estimate of drug-likeness (QED) is 0.285. The maximum Gasteiger partial charge on any atom is 0.207 e. The molecule has 0 saturated carbocycles. The predicted molar refractivity (Wildman–Crippen MR) is 79.5 cm³/mol. The first-order chi connectivity index (χ1) is 10.7. The molecule has 12 nitrogen and oxygen atoms in total. The summed E-state index contributed by atoms with van der Waals surface area (Å²) in [5.41, 5.74) is 13.2. The molecule has 0 saturated heterocycles. The maximum absolute atomic E-state index is 5.79. The van der Waals surface area contributed by atoms with E-state index in [1.165, 1.54) is 21.6 Å². The van der Waals surface area contributed by atoms with Crippen molar-refractivity contribution in [3.63, 3.8) is 0 Å². The number of rotatable bonds is 3. The van der Waals surface area contributed by atoms with Crippen LogP contribution in [0.4, 0.5) is 11.6 Å². The van der Waals surface area contributed by atoms with Gasteiger partial charge >= 0.3 is 0 Å². The molecule has 0 radical (unpaired) electrons. The number of nitrogens with two attached hydrogens (primary N) is 2. The number of H-pyrrole nitrogens is 2. The van der Waals surface area contributed by atoms with Gasteiger partial charge in [-0.05, 0) is 21.6 Å². The number of nitrogens with zero attached hydrogens (tertiary/aromatic N) is 8. The van der Waals surface area contributed by atoms with Crippen LogP contribution >= 0.6 is 21.6 Å². The first-order valence-electron chi connectivity index (χ1n) is 5.73. The molecule has 0 aliphatic rings. The average Bonchev–Trinajstić information content (AvgIpc) is 3.13. The van der Waals surface area contributed by atoms with Gasteiger partial charge in [-0.25, -0.2) is 9.97 Å². The molecule has 4 aromatic heterocycles. The molecule has 0 aliphatic carbocycles. The van der Waals surface area contributed by atoms with Gasteiger partial charge in [0.1, 0.15) is 0 Å². The van der Waals surface area contributed by atoms with Crippen molar-refractivity contribution >= 4 is 55.6 Å². The van der Waals surface area contributed by atoms with Gasteiger partial charge in [0.2, 0.25) is 21.6 Å². The van der Waals surface area contributed by atoms with Crippen LogP contribution in [0, 0.1) is 0 Å². The third kappa shape index (κ3) is 2.13. The van der Waals surface area contributed by atoms with Crippen molar-refractivity contribution in [3.8, 4) is 0 Å². The Kier molecular flexibility index (Phi) is 2.90. The zero-order valence-corrected chi connectivity index (χ0v) is 12.2. The van der Waals surface area contributed by atoms with E-state index in [0.717, 1.165) is 0 Å². The summed E-state index contributed by atoms with van der Waals surface area (Å²) < 4.78 is 0. The second-order valence-corrected chi connectivity index (χ2v) is 6.00. The van der Waals surface area contributed by atoms with E-state index >= 15 is 0 Å². The van der Waals surface area contributed by atoms with E-state index in [9.17, 15) is 0 Å².